The van der Waals surface area contributed by atoms with E-state index >= 15 is 0 Å². The third-order valence-corrected chi connectivity index (χ3v) is 6.44. The number of phenolic OH excluding ortho intramolecular Hbond substituents is 1. The van der Waals surface area contributed by atoms with Gasteiger partial charge in [-0.1, -0.05) is 32.4 Å². The number of rotatable bonds is 3. The molecule has 4 atom stereocenters. The largest absolute Gasteiger partial charge is 0.508 e. The molecule has 0 aromatic heterocycles. The van der Waals surface area contributed by atoms with Crippen molar-refractivity contribution in [3.63, 3.8) is 0 Å². The number of hydrogen-bond acceptors (Lipinski definition) is 5. The Balaban J connectivity index is 1.98. The molecule has 2 aliphatic rings. The van der Waals surface area contributed by atoms with Crippen LogP contribution in [0.4, 0.5) is 0 Å². The van der Waals surface area contributed by atoms with Crippen LogP contribution in [0, 0.1) is 17.3 Å². The van der Waals surface area contributed by atoms with Gasteiger partial charge in [0, 0.05) is 24.2 Å². The first-order valence-electron chi connectivity index (χ1n) is 9.49. The van der Waals surface area contributed by atoms with Crippen LogP contribution in [0.25, 0.3) is 0 Å². The van der Waals surface area contributed by atoms with Crippen molar-refractivity contribution < 1.29 is 24.5 Å². The number of esters is 1. The molecule has 0 saturated heterocycles. The maximum atomic E-state index is 12.9. The molecule has 1 aromatic carbocycles. The molecule has 0 amide bonds. The van der Waals surface area contributed by atoms with Gasteiger partial charge in [0.25, 0.3) is 0 Å². The van der Waals surface area contributed by atoms with Gasteiger partial charge >= 0.3 is 5.97 Å². The Morgan fingerprint density at radius 2 is 1.89 bits per heavy atom. The number of phenols is 1. The summed E-state index contributed by atoms with van der Waals surface area (Å²) in [6.07, 6.45) is 2.57. The van der Waals surface area contributed by atoms with Crippen LogP contribution in [0.2, 0.25) is 0 Å². The van der Waals surface area contributed by atoms with Crippen LogP contribution in [0.1, 0.15) is 57.3 Å². The van der Waals surface area contributed by atoms with E-state index in [1.165, 1.54) is 24.3 Å². The monoisotopic (exact) mass is 372 g/mol. The van der Waals surface area contributed by atoms with E-state index in [4.69, 9.17) is 4.74 Å². The van der Waals surface area contributed by atoms with E-state index in [0.717, 1.165) is 5.57 Å². The second kappa shape index (κ2) is 6.79. The standard InChI is InChI=1S/C22H28O5/c1-13(2)22(26)12-18(24)21(4)10-9-14(3)11-17(19(21)22)27-20(25)15-5-7-16(23)8-6-15/h5-9,13,17,19,23,26H,10-12H2,1-4H3/t17-,19+,21-,22+/m0/s1. The number of Topliss-reactive ketones (excluding diaryl/α,β-unsaturated/α-hetero) is 1. The van der Waals surface area contributed by atoms with Crippen LogP contribution < -0.4 is 0 Å². The minimum Gasteiger partial charge on any atom is -0.508 e. The minimum atomic E-state index is -1.20. The molecular formula is C22H28O5. The van der Waals surface area contributed by atoms with Gasteiger partial charge in [-0.15, -0.1) is 0 Å². The van der Waals surface area contributed by atoms with E-state index < -0.39 is 29.0 Å². The molecule has 5 nitrogen and oxygen atoms in total. The van der Waals surface area contributed by atoms with E-state index in [-0.39, 0.29) is 23.9 Å². The maximum Gasteiger partial charge on any atom is 0.338 e. The summed E-state index contributed by atoms with van der Waals surface area (Å²) in [4.78, 5) is 25.6. The highest BCUT2D eigenvalue weighted by Crippen LogP contribution is 2.56. The summed E-state index contributed by atoms with van der Waals surface area (Å²) in [6, 6.07) is 5.88. The van der Waals surface area contributed by atoms with Gasteiger partial charge < -0.3 is 14.9 Å². The molecular weight excluding hydrogens is 344 g/mol. The zero-order valence-corrected chi connectivity index (χ0v) is 16.4. The molecule has 1 fully saturated rings. The van der Waals surface area contributed by atoms with Crippen molar-refractivity contribution in [2.75, 3.05) is 0 Å². The third-order valence-electron chi connectivity index (χ3n) is 6.44. The normalized spacial score (nSPS) is 33.4. The molecule has 146 valence electrons. The van der Waals surface area contributed by atoms with Crippen LogP contribution in [0.15, 0.2) is 35.9 Å². The van der Waals surface area contributed by atoms with Crippen LogP contribution >= 0.6 is 0 Å². The molecule has 2 N–H and O–H groups in total. The zero-order valence-electron chi connectivity index (χ0n) is 16.4. The lowest BCUT2D eigenvalue weighted by atomic mass is 9.67. The first-order valence-corrected chi connectivity index (χ1v) is 9.49. The second-order valence-electron chi connectivity index (χ2n) is 8.59. The molecule has 0 bridgehead atoms. The van der Waals surface area contributed by atoms with Crippen molar-refractivity contribution in [1.29, 1.82) is 0 Å². The number of ketones is 1. The van der Waals surface area contributed by atoms with Crippen molar-refractivity contribution in [2.24, 2.45) is 17.3 Å². The fraction of sp³-hybridized carbons (Fsp3) is 0.545. The Morgan fingerprint density at radius 3 is 2.48 bits per heavy atom. The summed E-state index contributed by atoms with van der Waals surface area (Å²) >= 11 is 0. The van der Waals surface area contributed by atoms with Crippen molar-refractivity contribution in [3.8, 4) is 5.75 Å². The number of aromatic hydroxyl groups is 1. The van der Waals surface area contributed by atoms with Gasteiger partial charge in [-0.25, -0.2) is 4.79 Å². The molecule has 27 heavy (non-hydrogen) atoms. The van der Waals surface area contributed by atoms with E-state index in [2.05, 4.69) is 0 Å². The molecule has 1 saturated carbocycles. The lowest BCUT2D eigenvalue weighted by molar-refractivity contribution is -0.129. The Bertz CT molecular complexity index is 778. The Kier molecular flexibility index (Phi) is 4.93. The number of fused-ring (bicyclic) bond motifs is 1. The number of benzene rings is 1. The smallest absolute Gasteiger partial charge is 0.338 e. The number of carbonyl (C=O) groups excluding carboxylic acids is 2. The lowest BCUT2D eigenvalue weighted by Gasteiger charge is -2.42. The number of allylic oxidation sites excluding steroid dienone is 1. The summed E-state index contributed by atoms with van der Waals surface area (Å²) in [5, 5.41) is 20.9. The van der Waals surface area contributed by atoms with Crippen molar-refractivity contribution in [2.45, 2.75) is 58.7 Å². The summed E-state index contributed by atoms with van der Waals surface area (Å²) in [5.74, 6) is -1.01. The minimum absolute atomic E-state index is 0.0281. The summed E-state index contributed by atoms with van der Waals surface area (Å²) < 4.78 is 5.87. The Labute approximate surface area is 160 Å². The lowest BCUT2D eigenvalue weighted by Crippen LogP contribution is -2.50. The average Bonchev–Trinajstić information content (AvgIpc) is 2.70. The van der Waals surface area contributed by atoms with Gasteiger partial charge in [-0.05, 0) is 43.5 Å². The van der Waals surface area contributed by atoms with Crippen LogP contribution in [-0.2, 0) is 9.53 Å². The van der Waals surface area contributed by atoms with E-state index in [0.29, 0.717) is 18.4 Å². The van der Waals surface area contributed by atoms with Crippen LogP contribution in [-0.4, -0.2) is 33.7 Å². The number of aliphatic hydroxyl groups is 1. The number of hydrogen-bond donors (Lipinski definition) is 2. The highest BCUT2D eigenvalue weighted by molar-refractivity contribution is 5.91. The summed E-state index contributed by atoms with van der Waals surface area (Å²) in [5.41, 5.74) is -0.577. The molecule has 0 heterocycles. The summed E-state index contributed by atoms with van der Waals surface area (Å²) in [7, 11) is 0. The number of ether oxygens (including phenoxy) is 1. The molecule has 0 radical (unpaired) electrons. The van der Waals surface area contributed by atoms with E-state index in [9.17, 15) is 19.8 Å². The predicted octanol–water partition coefficient (Wildman–Crippen LogP) is 3.64. The Hall–Kier alpha value is -2.14. The third kappa shape index (κ3) is 3.29. The highest BCUT2D eigenvalue weighted by atomic mass is 16.5. The SMILES string of the molecule is CC1=CC[C@@]2(C)C(=O)C[C@@](O)(C(C)C)[C@@H]2[C@@H](OC(=O)c2ccc(O)cc2)C1. The molecule has 1 aromatic rings. The quantitative estimate of drug-likeness (QED) is 0.625. The van der Waals surface area contributed by atoms with Gasteiger partial charge in [0.1, 0.15) is 17.6 Å². The van der Waals surface area contributed by atoms with Gasteiger partial charge in [0.15, 0.2) is 0 Å². The second-order valence-corrected chi connectivity index (χ2v) is 8.59. The molecule has 0 unspecified atom stereocenters. The first-order chi connectivity index (χ1) is 12.6. The van der Waals surface area contributed by atoms with Crippen LogP contribution in [0.5, 0.6) is 5.75 Å². The fourth-order valence-electron chi connectivity index (χ4n) is 4.65. The van der Waals surface area contributed by atoms with Gasteiger partial charge in [0.05, 0.1) is 11.2 Å². The first kappa shape index (κ1) is 19.6. The topological polar surface area (TPSA) is 83.8 Å². The van der Waals surface area contributed by atoms with Crippen molar-refractivity contribution in [1.82, 2.24) is 0 Å². The molecule has 0 aliphatic heterocycles. The number of carbonyl (C=O) groups is 2. The van der Waals surface area contributed by atoms with E-state index in [1.807, 2.05) is 33.8 Å². The van der Waals surface area contributed by atoms with Gasteiger partial charge in [0.2, 0.25) is 0 Å². The summed E-state index contributed by atoms with van der Waals surface area (Å²) in [6.45, 7) is 7.66. The van der Waals surface area contributed by atoms with Crippen LogP contribution in [0.3, 0.4) is 0 Å². The van der Waals surface area contributed by atoms with Crippen molar-refractivity contribution in [3.05, 3.63) is 41.5 Å². The van der Waals surface area contributed by atoms with Gasteiger partial charge in [-0.3, -0.25) is 4.79 Å². The Morgan fingerprint density at radius 1 is 1.26 bits per heavy atom. The van der Waals surface area contributed by atoms with Crippen molar-refractivity contribution >= 4 is 11.8 Å². The molecule has 3 rings (SSSR count). The fourth-order valence-corrected chi connectivity index (χ4v) is 4.65. The zero-order chi connectivity index (χ0) is 20.0. The average molecular weight is 372 g/mol. The van der Waals surface area contributed by atoms with Gasteiger partial charge in [-0.2, -0.15) is 0 Å². The molecule has 0 spiro atoms. The molecule has 2 aliphatic carbocycles. The van der Waals surface area contributed by atoms with E-state index in [1.54, 1.807) is 0 Å². The maximum absolute atomic E-state index is 12.9. The predicted molar refractivity (Wildman–Crippen MR) is 101 cm³/mol. The molecule has 5 heteroatoms. The highest BCUT2D eigenvalue weighted by Gasteiger charge is 2.63.